The number of ether oxygens (including phenoxy) is 2. The van der Waals surface area contributed by atoms with Gasteiger partial charge in [-0.05, 0) is 12.1 Å². The fourth-order valence-corrected chi connectivity index (χ4v) is 2.49. The lowest BCUT2D eigenvalue weighted by molar-refractivity contribution is 0.0564. The topological polar surface area (TPSA) is 71.1 Å². The molecule has 0 aliphatic carbocycles. The number of carbonyl (C=O) groups is 2. The zero-order chi connectivity index (χ0) is 17.0. The number of nitrogens with zero attached hydrogens (tertiary/aromatic N) is 2. The molecule has 1 fully saturated rings. The van der Waals surface area contributed by atoms with Gasteiger partial charge in [0.1, 0.15) is 0 Å². The van der Waals surface area contributed by atoms with E-state index in [0.29, 0.717) is 42.6 Å². The summed E-state index contributed by atoms with van der Waals surface area (Å²) in [6, 6.07) is 2.80. The van der Waals surface area contributed by atoms with Gasteiger partial charge in [0.2, 0.25) is 0 Å². The molecule has 0 spiro atoms. The van der Waals surface area contributed by atoms with E-state index in [1.807, 2.05) is 0 Å². The Balaban J connectivity index is 2.30. The van der Waals surface area contributed by atoms with E-state index in [0.717, 1.165) is 0 Å². The summed E-state index contributed by atoms with van der Waals surface area (Å²) in [5.41, 5.74) is 0.656. The molecule has 1 aromatic rings. The number of methoxy groups -OCH3 is 1. The molecule has 1 aromatic carbocycles. The number of carbonyl (C=O) groups excluding carboxylic acids is 2. The van der Waals surface area contributed by atoms with E-state index in [1.165, 1.54) is 18.1 Å². The van der Waals surface area contributed by atoms with E-state index in [1.54, 1.807) is 25.1 Å². The van der Waals surface area contributed by atoms with Crippen molar-refractivity contribution < 1.29 is 19.1 Å². The Morgan fingerprint density at radius 2 is 1.96 bits per heavy atom. The van der Waals surface area contributed by atoms with Gasteiger partial charge in [-0.1, -0.05) is 11.6 Å². The Morgan fingerprint density at radius 1 is 1.30 bits per heavy atom. The van der Waals surface area contributed by atoms with Crippen LogP contribution in [0.4, 0.5) is 10.5 Å². The van der Waals surface area contributed by atoms with Gasteiger partial charge in [0.25, 0.3) is 5.91 Å². The van der Waals surface area contributed by atoms with Gasteiger partial charge >= 0.3 is 6.03 Å². The van der Waals surface area contributed by atoms with Crippen LogP contribution in [0.1, 0.15) is 10.4 Å². The molecule has 8 heteroatoms. The van der Waals surface area contributed by atoms with Crippen LogP contribution in [0.5, 0.6) is 5.75 Å². The van der Waals surface area contributed by atoms with Crippen molar-refractivity contribution in [3.05, 3.63) is 22.7 Å². The first-order chi connectivity index (χ1) is 10.9. The lowest BCUT2D eigenvalue weighted by atomic mass is 10.1. The van der Waals surface area contributed by atoms with Gasteiger partial charge < -0.3 is 24.6 Å². The molecular weight excluding hydrogens is 322 g/mol. The minimum absolute atomic E-state index is 0.258. The highest BCUT2D eigenvalue weighted by Crippen LogP contribution is 2.33. The van der Waals surface area contributed by atoms with E-state index >= 15 is 0 Å². The molecule has 23 heavy (non-hydrogen) atoms. The maximum atomic E-state index is 12.3. The summed E-state index contributed by atoms with van der Waals surface area (Å²) in [5, 5.41) is 3.10. The number of anilines is 1. The third-order valence-electron chi connectivity index (χ3n) is 3.43. The smallest absolute Gasteiger partial charge is 0.322 e. The molecule has 7 nitrogen and oxygen atoms in total. The molecule has 1 N–H and O–H groups in total. The summed E-state index contributed by atoms with van der Waals surface area (Å²) in [4.78, 5) is 27.6. The first kappa shape index (κ1) is 17.4. The second-order valence-corrected chi connectivity index (χ2v) is 5.70. The van der Waals surface area contributed by atoms with Gasteiger partial charge in [-0.3, -0.25) is 4.79 Å². The number of benzene rings is 1. The number of rotatable bonds is 3. The third kappa shape index (κ3) is 4.05. The lowest BCUT2D eigenvalue weighted by Crippen LogP contribution is -2.43. The number of amides is 3. The Morgan fingerprint density at radius 3 is 2.52 bits per heavy atom. The van der Waals surface area contributed by atoms with Crippen molar-refractivity contribution in [2.75, 3.05) is 52.8 Å². The van der Waals surface area contributed by atoms with Crippen molar-refractivity contribution in [2.24, 2.45) is 0 Å². The normalized spacial score (nSPS) is 14.3. The van der Waals surface area contributed by atoms with E-state index in [4.69, 9.17) is 21.1 Å². The molecule has 0 unspecified atom stereocenters. The second-order valence-electron chi connectivity index (χ2n) is 5.26. The summed E-state index contributed by atoms with van der Waals surface area (Å²) >= 11 is 6.09. The van der Waals surface area contributed by atoms with Crippen LogP contribution in [0.2, 0.25) is 5.02 Å². The monoisotopic (exact) mass is 341 g/mol. The maximum absolute atomic E-state index is 12.3. The van der Waals surface area contributed by atoms with Crippen LogP contribution in [-0.2, 0) is 4.74 Å². The van der Waals surface area contributed by atoms with Crippen molar-refractivity contribution in [1.82, 2.24) is 9.80 Å². The molecule has 0 atom stereocenters. The SMILES string of the molecule is COc1c(NC(=O)N2CCOCC2)cc(Cl)cc1C(=O)N(C)C. The predicted molar refractivity (Wildman–Crippen MR) is 87.4 cm³/mol. The number of nitrogens with one attached hydrogen (secondary N) is 1. The van der Waals surface area contributed by atoms with Gasteiger partial charge in [-0.25, -0.2) is 4.79 Å². The molecule has 0 radical (unpaired) electrons. The number of halogens is 1. The third-order valence-corrected chi connectivity index (χ3v) is 3.65. The highest BCUT2D eigenvalue weighted by Gasteiger charge is 2.22. The molecule has 1 saturated heterocycles. The van der Waals surface area contributed by atoms with Crippen LogP contribution in [0.15, 0.2) is 12.1 Å². The number of hydrogen-bond acceptors (Lipinski definition) is 4. The fraction of sp³-hybridized carbons (Fsp3) is 0.467. The van der Waals surface area contributed by atoms with Crippen LogP contribution >= 0.6 is 11.6 Å². The first-order valence-electron chi connectivity index (χ1n) is 7.17. The second kappa shape index (κ2) is 7.52. The first-order valence-corrected chi connectivity index (χ1v) is 7.54. The van der Waals surface area contributed by atoms with Crippen molar-refractivity contribution in [3.63, 3.8) is 0 Å². The molecule has 1 aliphatic rings. The van der Waals surface area contributed by atoms with E-state index < -0.39 is 0 Å². The molecule has 0 aromatic heterocycles. The average molecular weight is 342 g/mol. The summed E-state index contributed by atoms with van der Waals surface area (Å²) in [6.07, 6.45) is 0. The maximum Gasteiger partial charge on any atom is 0.322 e. The van der Waals surface area contributed by atoms with Crippen LogP contribution < -0.4 is 10.1 Å². The van der Waals surface area contributed by atoms with Crippen molar-refractivity contribution in [1.29, 1.82) is 0 Å². The Kier molecular flexibility index (Phi) is 5.68. The lowest BCUT2D eigenvalue weighted by Gasteiger charge is -2.27. The standard InChI is InChI=1S/C15H20ClN3O4/c1-18(2)14(20)11-8-10(16)9-12(13(11)22-3)17-15(21)19-4-6-23-7-5-19/h8-9H,4-7H2,1-3H3,(H,17,21). The quantitative estimate of drug-likeness (QED) is 0.911. The molecule has 1 heterocycles. The highest BCUT2D eigenvalue weighted by molar-refractivity contribution is 6.31. The van der Waals surface area contributed by atoms with Gasteiger partial charge in [0.15, 0.2) is 5.75 Å². The fourth-order valence-electron chi connectivity index (χ4n) is 2.27. The zero-order valence-corrected chi connectivity index (χ0v) is 14.1. The Hall–Kier alpha value is -1.99. The van der Waals surface area contributed by atoms with Crippen LogP contribution in [0.3, 0.4) is 0 Å². The average Bonchev–Trinajstić information content (AvgIpc) is 2.54. The molecule has 126 valence electrons. The van der Waals surface area contributed by atoms with Crippen molar-refractivity contribution in [2.45, 2.75) is 0 Å². The summed E-state index contributed by atoms with van der Waals surface area (Å²) in [7, 11) is 4.71. The van der Waals surface area contributed by atoms with Gasteiger partial charge in [-0.15, -0.1) is 0 Å². The Bertz CT molecular complexity index is 601. The molecule has 0 bridgehead atoms. The molecule has 1 aliphatic heterocycles. The van der Waals surface area contributed by atoms with Gasteiger partial charge in [0, 0.05) is 32.2 Å². The van der Waals surface area contributed by atoms with Crippen molar-refractivity contribution in [3.8, 4) is 5.75 Å². The summed E-state index contributed by atoms with van der Waals surface area (Å²) < 4.78 is 10.6. The predicted octanol–water partition coefficient (Wildman–Crippen LogP) is 1.91. The molecule has 0 saturated carbocycles. The molecule has 3 amide bonds. The minimum atomic E-state index is -0.280. The summed E-state index contributed by atoms with van der Waals surface area (Å²) in [6.45, 7) is 2.03. The van der Waals surface area contributed by atoms with Crippen LogP contribution in [0.25, 0.3) is 0 Å². The number of urea groups is 1. The van der Waals surface area contributed by atoms with Crippen LogP contribution in [0, 0.1) is 0 Å². The van der Waals surface area contributed by atoms with Gasteiger partial charge in [0.05, 0.1) is 31.6 Å². The summed E-state index contributed by atoms with van der Waals surface area (Å²) in [5.74, 6) is 0.0286. The van der Waals surface area contributed by atoms with Crippen molar-refractivity contribution >= 4 is 29.2 Å². The largest absolute Gasteiger partial charge is 0.494 e. The zero-order valence-electron chi connectivity index (χ0n) is 13.4. The van der Waals surface area contributed by atoms with Crippen LogP contribution in [-0.4, -0.2) is 69.2 Å². The Labute approximate surface area is 140 Å². The van der Waals surface area contributed by atoms with Gasteiger partial charge in [-0.2, -0.15) is 0 Å². The van der Waals surface area contributed by atoms with E-state index in [-0.39, 0.29) is 17.7 Å². The number of morpholine rings is 1. The highest BCUT2D eigenvalue weighted by atomic mass is 35.5. The molecule has 2 rings (SSSR count). The minimum Gasteiger partial charge on any atom is -0.494 e. The van der Waals surface area contributed by atoms with E-state index in [9.17, 15) is 9.59 Å². The molecular formula is C15H20ClN3O4. The van der Waals surface area contributed by atoms with E-state index in [2.05, 4.69) is 5.32 Å². The number of hydrogen-bond donors (Lipinski definition) is 1.